The molecule has 10 nitrogen and oxygen atoms in total. The number of hydrogen-bond acceptors (Lipinski definition) is 8. The second kappa shape index (κ2) is 31.1. The summed E-state index contributed by atoms with van der Waals surface area (Å²) in [6.45, 7) is 1.37. The van der Waals surface area contributed by atoms with E-state index in [9.17, 15) is 19.2 Å². The second-order valence-electron chi connectivity index (χ2n) is 12.1. The number of aliphatic carboxylic acids is 2. The van der Waals surface area contributed by atoms with Crippen LogP contribution in [0.5, 0.6) is 0 Å². The lowest BCUT2D eigenvalue weighted by Crippen LogP contribution is -2.45. The van der Waals surface area contributed by atoms with Crippen LogP contribution in [0.25, 0.3) is 0 Å². The molecule has 2 atom stereocenters. The van der Waals surface area contributed by atoms with Crippen LogP contribution in [0.3, 0.4) is 0 Å². The zero-order valence-electron chi connectivity index (χ0n) is 28.4. The molecule has 12 heteroatoms. The zero-order chi connectivity index (χ0) is 33.5. The van der Waals surface area contributed by atoms with Gasteiger partial charge in [0.1, 0.15) is 0 Å². The van der Waals surface area contributed by atoms with Crippen molar-refractivity contribution in [2.75, 3.05) is 45.7 Å². The summed E-state index contributed by atoms with van der Waals surface area (Å²) in [4.78, 5) is 48.4. The molecular weight excluding hydrogens is 613 g/mol. The van der Waals surface area contributed by atoms with Gasteiger partial charge in [0, 0.05) is 37.4 Å². The molecule has 0 rings (SSSR count). The number of amides is 2. The van der Waals surface area contributed by atoms with E-state index in [4.69, 9.17) is 10.2 Å². The van der Waals surface area contributed by atoms with Crippen molar-refractivity contribution < 1.29 is 29.4 Å². The van der Waals surface area contributed by atoms with Gasteiger partial charge in [0.2, 0.25) is 11.8 Å². The minimum absolute atomic E-state index is 0.0182. The summed E-state index contributed by atoms with van der Waals surface area (Å²) >= 11 is 0. The number of hydrogen-bond donors (Lipinski definition) is 5. The first-order valence-electron chi connectivity index (χ1n) is 17.3. The van der Waals surface area contributed by atoms with Crippen LogP contribution < -0.4 is 16.0 Å². The van der Waals surface area contributed by atoms with Gasteiger partial charge >= 0.3 is 11.9 Å². The normalized spacial score (nSPS) is 12.6. The molecule has 0 aromatic carbocycles. The first-order chi connectivity index (χ1) is 21.7. The molecule has 0 aliphatic heterocycles. The Bertz CT molecular complexity index is 775. The number of carboxylic acid groups (broad SMARTS) is 2. The predicted molar refractivity (Wildman–Crippen MR) is 189 cm³/mol. The number of unbranched alkanes of at least 4 members (excludes halogenated alkanes) is 16. The highest BCUT2D eigenvalue weighted by atomic mass is 33.1. The van der Waals surface area contributed by atoms with E-state index in [1.807, 2.05) is 19.0 Å². The van der Waals surface area contributed by atoms with Gasteiger partial charge in [-0.1, -0.05) is 111 Å². The maximum atomic E-state index is 12.8. The third-order valence-corrected chi connectivity index (χ3v) is 10.3. The summed E-state index contributed by atoms with van der Waals surface area (Å²) in [7, 11) is 8.89. The quantitative estimate of drug-likeness (QED) is 0.0409. The summed E-state index contributed by atoms with van der Waals surface area (Å²) < 4.78 is 0. The molecular formula is C33H64N4O6S2. The fraction of sp³-hybridized carbons (Fsp3) is 0.879. The van der Waals surface area contributed by atoms with Crippen LogP contribution in [-0.4, -0.2) is 96.7 Å². The number of likely N-dealkylation sites (N-methyl/N-ethyl adjacent to an activating group) is 2. The fourth-order valence-electron chi connectivity index (χ4n) is 4.92. The fourth-order valence-corrected chi connectivity index (χ4v) is 7.52. The average molecular weight is 677 g/mol. The van der Waals surface area contributed by atoms with Crippen LogP contribution in [0.15, 0.2) is 0 Å². The Morgan fingerprint density at radius 1 is 0.556 bits per heavy atom. The Morgan fingerprint density at radius 3 is 1.29 bits per heavy atom. The molecule has 0 spiro atoms. The van der Waals surface area contributed by atoms with Crippen LogP contribution in [-0.2, 0) is 19.2 Å². The smallest absolute Gasteiger partial charge is 0.303 e. The summed E-state index contributed by atoms with van der Waals surface area (Å²) in [5.41, 5.74) is 0. The lowest BCUT2D eigenvalue weighted by molar-refractivity contribution is -0.138. The van der Waals surface area contributed by atoms with Crippen LogP contribution in [0.4, 0.5) is 0 Å². The molecule has 0 fully saturated rings. The maximum Gasteiger partial charge on any atom is 0.303 e. The molecule has 0 radical (unpaired) electrons. The molecule has 0 saturated heterocycles. The predicted octanol–water partition coefficient (Wildman–Crippen LogP) is 6.09. The Hall–Kier alpha value is -1.50. The van der Waals surface area contributed by atoms with E-state index in [1.165, 1.54) is 38.5 Å². The molecule has 0 aliphatic rings. The van der Waals surface area contributed by atoms with Gasteiger partial charge in [-0.05, 0) is 46.8 Å². The van der Waals surface area contributed by atoms with Crippen LogP contribution >= 0.6 is 21.6 Å². The molecule has 45 heavy (non-hydrogen) atoms. The highest BCUT2D eigenvalue weighted by Gasteiger charge is 2.22. The van der Waals surface area contributed by atoms with Crippen molar-refractivity contribution in [1.82, 2.24) is 20.9 Å². The van der Waals surface area contributed by atoms with E-state index in [1.54, 1.807) is 28.6 Å². The largest absolute Gasteiger partial charge is 0.481 e. The number of nitrogens with zero attached hydrogens (tertiary/aromatic N) is 1. The molecule has 0 aliphatic carbocycles. The molecule has 0 aromatic heterocycles. The highest BCUT2D eigenvalue weighted by molar-refractivity contribution is 8.76. The van der Waals surface area contributed by atoms with Crippen LogP contribution in [0, 0.1) is 0 Å². The maximum absolute atomic E-state index is 12.8. The third kappa shape index (κ3) is 28.5. The van der Waals surface area contributed by atoms with Gasteiger partial charge in [0.05, 0.1) is 12.1 Å². The number of rotatable bonds is 33. The minimum Gasteiger partial charge on any atom is -0.481 e. The Kier molecular flexibility index (Phi) is 30.1. The van der Waals surface area contributed by atoms with Gasteiger partial charge in [-0.3, -0.25) is 24.1 Å². The van der Waals surface area contributed by atoms with E-state index in [0.29, 0.717) is 24.6 Å². The standard InChI is InChI=1S/C33H64N4O6S2/c1-34-28(32(42)35-24-20-16-12-8-4-6-10-14-18-22-30(38)39)26-44-45-27-29(37(2)3)33(43)36-25-21-17-13-9-5-7-11-15-19-23-31(40)41/h28-29,34H,4-27H2,1-3H3,(H,35,42)(H,36,43)(H,38,39)(H,40,41)/t28-,29?/m0/s1. The number of nitrogens with one attached hydrogen (secondary N) is 3. The SMILES string of the molecule is CN[C@@H](CSSCC(C(=O)NCCCCCCCCCCCC(=O)O)N(C)C)C(=O)NCCCCCCCCCCCC(=O)O. The van der Waals surface area contributed by atoms with E-state index in [-0.39, 0.29) is 36.7 Å². The van der Waals surface area contributed by atoms with Crippen molar-refractivity contribution in [3.05, 3.63) is 0 Å². The molecule has 0 heterocycles. The van der Waals surface area contributed by atoms with E-state index in [0.717, 1.165) is 77.0 Å². The zero-order valence-corrected chi connectivity index (χ0v) is 30.0. The number of carbonyl (C=O) groups is 4. The molecule has 264 valence electrons. The van der Waals surface area contributed by atoms with E-state index in [2.05, 4.69) is 16.0 Å². The van der Waals surface area contributed by atoms with Crippen molar-refractivity contribution in [3.63, 3.8) is 0 Å². The van der Waals surface area contributed by atoms with E-state index >= 15 is 0 Å². The van der Waals surface area contributed by atoms with E-state index < -0.39 is 11.9 Å². The van der Waals surface area contributed by atoms with Gasteiger partial charge in [0.25, 0.3) is 0 Å². The lowest BCUT2D eigenvalue weighted by atomic mass is 10.1. The Balaban J connectivity index is 3.88. The van der Waals surface area contributed by atoms with Crippen molar-refractivity contribution in [1.29, 1.82) is 0 Å². The summed E-state index contributed by atoms with van der Waals surface area (Å²) in [6.07, 6.45) is 19.9. The van der Waals surface area contributed by atoms with Crippen molar-refractivity contribution in [2.45, 2.75) is 141 Å². The first kappa shape index (κ1) is 43.5. The minimum atomic E-state index is -0.707. The van der Waals surface area contributed by atoms with Gasteiger partial charge in [-0.2, -0.15) is 0 Å². The summed E-state index contributed by atoms with van der Waals surface area (Å²) in [5.74, 6) is -0.0684. The Labute approximate surface area is 281 Å². The molecule has 0 saturated carbocycles. The Morgan fingerprint density at radius 2 is 0.911 bits per heavy atom. The number of carbonyl (C=O) groups excluding carboxylic acids is 2. The van der Waals surface area contributed by atoms with Crippen LogP contribution in [0.1, 0.15) is 128 Å². The van der Waals surface area contributed by atoms with Crippen molar-refractivity contribution >= 4 is 45.3 Å². The van der Waals surface area contributed by atoms with Crippen molar-refractivity contribution in [2.24, 2.45) is 0 Å². The monoisotopic (exact) mass is 676 g/mol. The second-order valence-corrected chi connectivity index (χ2v) is 14.7. The molecule has 5 N–H and O–H groups in total. The summed E-state index contributed by atoms with van der Waals surface area (Å²) in [6, 6.07) is -0.491. The highest BCUT2D eigenvalue weighted by Crippen LogP contribution is 2.24. The number of carboxylic acids is 2. The molecule has 0 bridgehead atoms. The third-order valence-electron chi connectivity index (χ3n) is 7.87. The molecule has 0 aromatic rings. The lowest BCUT2D eigenvalue weighted by Gasteiger charge is -2.23. The van der Waals surface area contributed by atoms with Gasteiger partial charge in [0.15, 0.2) is 0 Å². The van der Waals surface area contributed by atoms with Gasteiger partial charge < -0.3 is 26.2 Å². The summed E-state index contributed by atoms with van der Waals surface area (Å²) in [5, 5.41) is 26.6. The topological polar surface area (TPSA) is 148 Å². The average Bonchev–Trinajstić information content (AvgIpc) is 2.99. The van der Waals surface area contributed by atoms with Crippen molar-refractivity contribution in [3.8, 4) is 0 Å². The first-order valence-corrected chi connectivity index (χ1v) is 19.7. The van der Waals surface area contributed by atoms with Crippen LogP contribution in [0.2, 0.25) is 0 Å². The molecule has 1 unspecified atom stereocenters. The van der Waals surface area contributed by atoms with Gasteiger partial charge in [-0.25, -0.2) is 0 Å². The molecule has 2 amide bonds. The van der Waals surface area contributed by atoms with Gasteiger partial charge in [-0.15, -0.1) is 0 Å².